The maximum Gasteiger partial charge on any atom is 0.226 e. The molecule has 0 atom stereocenters. The monoisotopic (exact) mass is 173 g/mol. The molecule has 0 bridgehead atoms. The highest BCUT2D eigenvalue weighted by molar-refractivity contribution is 5.58. The highest BCUT2D eigenvalue weighted by atomic mass is 16.3. The molecular weight excluding hydrogens is 162 g/mol. The molecule has 66 valence electrons. The summed E-state index contributed by atoms with van der Waals surface area (Å²) in [5.74, 6) is 0.692. The van der Waals surface area contributed by atoms with E-state index in [-0.39, 0.29) is 0 Å². The van der Waals surface area contributed by atoms with Crippen LogP contribution in [-0.2, 0) is 0 Å². The Morgan fingerprint density at radius 1 is 1.23 bits per heavy atom. The smallest absolute Gasteiger partial charge is 0.226 e. The van der Waals surface area contributed by atoms with Crippen molar-refractivity contribution in [3.63, 3.8) is 0 Å². The van der Waals surface area contributed by atoms with Crippen molar-refractivity contribution in [2.45, 2.75) is 13.8 Å². The summed E-state index contributed by atoms with van der Waals surface area (Å²) >= 11 is 0. The number of nitrogens with zero attached hydrogens (tertiary/aromatic N) is 1. The quantitative estimate of drug-likeness (QED) is 0.662. The van der Waals surface area contributed by atoms with Crippen LogP contribution in [0.2, 0.25) is 0 Å². The zero-order chi connectivity index (χ0) is 9.26. The molecule has 2 rings (SSSR count). The Bertz CT molecular complexity index is 404. The molecule has 1 aromatic carbocycles. The van der Waals surface area contributed by atoms with Crippen molar-refractivity contribution in [2.75, 3.05) is 0 Å². The highest BCUT2D eigenvalue weighted by Crippen LogP contribution is 2.21. The maximum atomic E-state index is 5.23. The predicted octanol–water partition coefficient (Wildman–Crippen LogP) is 2.96. The molecule has 0 saturated heterocycles. The van der Waals surface area contributed by atoms with Gasteiger partial charge in [0.05, 0.1) is 6.20 Å². The Morgan fingerprint density at radius 3 is 2.69 bits per heavy atom. The third kappa shape index (κ3) is 1.47. The number of oxazole rings is 1. The van der Waals surface area contributed by atoms with Crippen molar-refractivity contribution in [2.24, 2.45) is 0 Å². The summed E-state index contributed by atoms with van der Waals surface area (Å²) in [5.41, 5.74) is 3.52. The van der Waals surface area contributed by atoms with Gasteiger partial charge >= 0.3 is 0 Å². The molecule has 13 heavy (non-hydrogen) atoms. The summed E-state index contributed by atoms with van der Waals surface area (Å²) < 4.78 is 5.23. The first-order valence-corrected chi connectivity index (χ1v) is 4.24. The topological polar surface area (TPSA) is 26.0 Å². The van der Waals surface area contributed by atoms with Crippen LogP contribution in [0.3, 0.4) is 0 Å². The summed E-state index contributed by atoms with van der Waals surface area (Å²) in [5, 5.41) is 0. The lowest BCUT2D eigenvalue weighted by Crippen LogP contribution is -1.83. The fourth-order valence-electron chi connectivity index (χ4n) is 1.41. The zero-order valence-electron chi connectivity index (χ0n) is 7.74. The van der Waals surface area contributed by atoms with Crippen LogP contribution >= 0.6 is 0 Å². The highest BCUT2D eigenvalue weighted by Gasteiger charge is 2.04. The van der Waals surface area contributed by atoms with E-state index in [0.29, 0.717) is 5.89 Å². The van der Waals surface area contributed by atoms with Crippen molar-refractivity contribution in [3.05, 3.63) is 41.8 Å². The predicted molar refractivity (Wildman–Crippen MR) is 51.4 cm³/mol. The molecule has 2 nitrogen and oxygen atoms in total. The van der Waals surface area contributed by atoms with E-state index in [2.05, 4.69) is 31.0 Å². The van der Waals surface area contributed by atoms with Gasteiger partial charge in [-0.2, -0.15) is 0 Å². The summed E-state index contributed by atoms with van der Waals surface area (Å²) in [4.78, 5) is 4.11. The molecule has 0 amide bonds. The lowest BCUT2D eigenvalue weighted by molar-refractivity contribution is 0.574. The Kier molecular flexibility index (Phi) is 1.89. The molecule has 0 fully saturated rings. The van der Waals surface area contributed by atoms with E-state index < -0.39 is 0 Å². The number of hydrogen-bond donors (Lipinski definition) is 0. The van der Waals surface area contributed by atoms with Crippen LogP contribution in [0.15, 0.2) is 35.1 Å². The molecule has 0 saturated carbocycles. The summed E-state index contributed by atoms with van der Waals surface area (Å²) in [6.07, 6.45) is 3.25. The first-order chi connectivity index (χ1) is 6.27. The number of aromatic nitrogens is 1. The fourth-order valence-corrected chi connectivity index (χ4v) is 1.41. The first kappa shape index (κ1) is 8.05. The second-order valence-corrected chi connectivity index (χ2v) is 3.16. The largest absolute Gasteiger partial charge is 0.445 e. The Balaban J connectivity index is 2.53. The van der Waals surface area contributed by atoms with Gasteiger partial charge in [-0.25, -0.2) is 4.98 Å². The van der Waals surface area contributed by atoms with E-state index in [1.807, 2.05) is 6.07 Å². The standard InChI is InChI=1S/C11H11NO/c1-8-3-4-10(9(2)7-8)11-12-5-6-13-11/h3-7H,1-2H3. The molecule has 1 heterocycles. The van der Waals surface area contributed by atoms with E-state index in [4.69, 9.17) is 4.42 Å². The summed E-state index contributed by atoms with van der Waals surface area (Å²) in [6.45, 7) is 4.14. The van der Waals surface area contributed by atoms with Crippen LogP contribution in [0.5, 0.6) is 0 Å². The van der Waals surface area contributed by atoms with Gasteiger partial charge in [-0.1, -0.05) is 17.7 Å². The van der Waals surface area contributed by atoms with E-state index in [1.54, 1.807) is 12.5 Å². The fraction of sp³-hybridized carbons (Fsp3) is 0.182. The molecule has 0 radical (unpaired) electrons. The summed E-state index contributed by atoms with van der Waals surface area (Å²) in [7, 11) is 0. The van der Waals surface area contributed by atoms with Crippen LogP contribution in [-0.4, -0.2) is 4.98 Å². The molecule has 2 heteroatoms. The molecular formula is C11H11NO. The number of benzene rings is 1. The Labute approximate surface area is 77.2 Å². The van der Waals surface area contributed by atoms with E-state index >= 15 is 0 Å². The molecule has 0 aliphatic heterocycles. The number of rotatable bonds is 1. The van der Waals surface area contributed by atoms with Crippen molar-refractivity contribution in [3.8, 4) is 11.5 Å². The third-order valence-electron chi connectivity index (χ3n) is 2.04. The minimum atomic E-state index is 0.692. The molecule has 0 aliphatic carbocycles. The molecule has 0 N–H and O–H groups in total. The lowest BCUT2D eigenvalue weighted by atomic mass is 10.1. The minimum absolute atomic E-state index is 0.692. The molecule has 1 aromatic heterocycles. The van der Waals surface area contributed by atoms with Gasteiger partial charge < -0.3 is 4.42 Å². The van der Waals surface area contributed by atoms with Gasteiger partial charge in [0, 0.05) is 5.56 Å². The Hall–Kier alpha value is -1.57. The second kappa shape index (κ2) is 3.05. The van der Waals surface area contributed by atoms with E-state index in [0.717, 1.165) is 5.56 Å². The number of hydrogen-bond acceptors (Lipinski definition) is 2. The third-order valence-corrected chi connectivity index (χ3v) is 2.04. The van der Waals surface area contributed by atoms with E-state index in [1.165, 1.54) is 11.1 Å². The molecule has 2 aromatic rings. The lowest BCUT2D eigenvalue weighted by Gasteiger charge is -2.01. The van der Waals surface area contributed by atoms with Crippen molar-refractivity contribution in [1.82, 2.24) is 4.98 Å². The van der Waals surface area contributed by atoms with Crippen LogP contribution in [0, 0.1) is 13.8 Å². The van der Waals surface area contributed by atoms with Crippen LogP contribution < -0.4 is 0 Å². The van der Waals surface area contributed by atoms with Gasteiger partial charge in [0.2, 0.25) is 5.89 Å². The molecule has 0 aliphatic rings. The van der Waals surface area contributed by atoms with Gasteiger partial charge in [0.15, 0.2) is 0 Å². The normalized spacial score (nSPS) is 10.3. The number of aryl methyl sites for hydroxylation is 2. The van der Waals surface area contributed by atoms with Crippen LogP contribution in [0.1, 0.15) is 11.1 Å². The first-order valence-electron chi connectivity index (χ1n) is 4.24. The zero-order valence-corrected chi connectivity index (χ0v) is 7.74. The SMILES string of the molecule is Cc1ccc(-c2ncco2)c(C)c1. The van der Waals surface area contributed by atoms with Crippen molar-refractivity contribution in [1.29, 1.82) is 0 Å². The Morgan fingerprint density at radius 2 is 2.08 bits per heavy atom. The average molecular weight is 173 g/mol. The molecule has 0 spiro atoms. The van der Waals surface area contributed by atoms with Gasteiger partial charge in [0.1, 0.15) is 6.26 Å². The maximum absolute atomic E-state index is 5.23. The molecule has 0 unspecified atom stereocenters. The van der Waals surface area contributed by atoms with Gasteiger partial charge in [-0.05, 0) is 25.5 Å². The van der Waals surface area contributed by atoms with Crippen molar-refractivity contribution >= 4 is 0 Å². The second-order valence-electron chi connectivity index (χ2n) is 3.16. The minimum Gasteiger partial charge on any atom is -0.445 e. The average Bonchev–Trinajstić information content (AvgIpc) is 2.56. The van der Waals surface area contributed by atoms with Crippen molar-refractivity contribution < 1.29 is 4.42 Å². The van der Waals surface area contributed by atoms with Gasteiger partial charge in [0.25, 0.3) is 0 Å². The van der Waals surface area contributed by atoms with Crippen LogP contribution in [0.25, 0.3) is 11.5 Å². The van der Waals surface area contributed by atoms with Gasteiger partial charge in [-0.15, -0.1) is 0 Å². The van der Waals surface area contributed by atoms with E-state index in [9.17, 15) is 0 Å². The summed E-state index contributed by atoms with van der Waals surface area (Å²) in [6, 6.07) is 6.22. The van der Waals surface area contributed by atoms with Crippen LogP contribution in [0.4, 0.5) is 0 Å². The van der Waals surface area contributed by atoms with Gasteiger partial charge in [-0.3, -0.25) is 0 Å².